The molecule has 10 heteroatoms. The summed E-state index contributed by atoms with van der Waals surface area (Å²) in [6, 6.07) is 6.47. The maximum atomic E-state index is 13.0. The van der Waals surface area contributed by atoms with Crippen LogP contribution in [0, 0.1) is 0 Å². The van der Waals surface area contributed by atoms with Gasteiger partial charge in [0, 0.05) is 5.02 Å². The molecule has 124 valence electrons. The molecule has 0 spiro atoms. The Kier molecular flexibility index (Phi) is 5.06. The maximum Gasteiger partial charge on any atom is 0.418 e. The number of rotatable bonds is 3. The smallest absolute Gasteiger partial charge is 0.279 e. The van der Waals surface area contributed by atoms with Crippen molar-refractivity contribution in [3.8, 4) is 0 Å². The molecule has 2 aromatic carbocycles. The van der Waals surface area contributed by atoms with Crippen molar-refractivity contribution in [2.45, 2.75) is 11.1 Å². The first kappa shape index (κ1) is 18.2. The second kappa shape index (κ2) is 6.39. The molecule has 0 atom stereocenters. The van der Waals surface area contributed by atoms with Gasteiger partial charge in [-0.1, -0.05) is 40.9 Å². The first-order valence-electron chi connectivity index (χ1n) is 5.86. The molecule has 23 heavy (non-hydrogen) atoms. The maximum absolute atomic E-state index is 13.0. The Morgan fingerprint density at radius 2 is 1.65 bits per heavy atom. The van der Waals surface area contributed by atoms with E-state index in [-0.39, 0.29) is 15.1 Å². The number of benzene rings is 2. The highest BCUT2D eigenvalue weighted by Gasteiger charge is 2.35. The number of halogens is 6. The molecule has 1 N–H and O–H groups in total. The van der Waals surface area contributed by atoms with E-state index in [0.29, 0.717) is 6.07 Å². The average Bonchev–Trinajstić information content (AvgIpc) is 2.42. The first-order chi connectivity index (χ1) is 10.5. The third-order valence-corrected chi connectivity index (χ3v) is 5.31. The van der Waals surface area contributed by atoms with Crippen molar-refractivity contribution >= 4 is 50.5 Å². The summed E-state index contributed by atoms with van der Waals surface area (Å²) in [4.78, 5) is -0.435. The van der Waals surface area contributed by atoms with Crippen LogP contribution in [-0.4, -0.2) is 8.42 Å². The lowest BCUT2D eigenvalue weighted by molar-refractivity contribution is -0.136. The SMILES string of the molecule is O=S(=O)(Nc1ccc(Cl)cc1C(F)(F)F)c1cccc(Cl)c1Cl. The predicted octanol–water partition coefficient (Wildman–Crippen LogP) is 5.47. The fourth-order valence-electron chi connectivity index (χ4n) is 1.73. The van der Waals surface area contributed by atoms with E-state index >= 15 is 0 Å². The summed E-state index contributed by atoms with van der Waals surface area (Å²) in [6.07, 6.45) is -4.79. The average molecular weight is 405 g/mol. The highest BCUT2D eigenvalue weighted by atomic mass is 35.5. The summed E-state index contributed by atoms with van der Waals surface area (Å²) in [5, 5.41) is -0.507. The lowest BCUT2D eigenvalue weighted by Crippen LogP contribution is -2.17. The van der Waals surface area contributed by atoms with Crippen molar-refractivity contribution < 1.29 is 21.6 Å². The van der Waals surface area contributed by atoms with Gasteiger partial charge in [-0.2, -0.15) is 13.2 Å². The fourth-order valence-corrected chi connectivity index (χ4v) is 3.75. The fraction of sp³-hybridized carbons (Fsp3) is 0.0769. The topological polar surface area (TPSA) is 46.2 Å². The molecular weight excluding hydrogens is 398 g/mol. The van der Waals surface area contributed by atoms with Crippen LogP contribution in [0.3, 0.4) is 0 Å². The van der Waals surface area contributed by atoms with Crippen LogP contribution >= 0.6 is 34.8 Å². The van der Waals surface area contributed by atoms with Gasteiger partial charge in [-0.15, -0.1) is 0 Å². The van der Waals surface area contributed by atoms with Crippen LogP contribution in [0.15, 0.2) is 41.3 Å². The van der Waals surface area contributed by atoms with E-state index in [4.69, 9.17) is 34.8 Å². The highest BCUT2D eigenvalue weighted by Crippen LogP contribution is 2.38. The van der Waals surface area contributed by atoms with Gasteiger partial charge in [0.25, 0.3) is 10.0 Å². The van der Waals surface area contributed by atoms with E-state index in [2.05, 4.69) is 0 Å². The van der Waals surface area contributed by atoms with E-state index in [9.17, 15) is 21.6 Å². The molecule has 0 amide bonds. The number of anilines is 1. The van der Waals surface area contributed by atoms with Gasteiger partial charge in [-0.05, 0) is 30.3 Å². The van der Waals surface area contributed by atoms with Gasteiger partial charge in [0.1, 0.15) is 4.90 Å². The Morgan fingerprint density at radius 3 is 2.26 bits per heavy atom. The summed E-state index contributed by atoms with van der Waals surface area (Å²) in [6.45, 7) is 0. The molecule has 2 rings (SSSR count). The lowest BCUT2D eigenvalue weighted by atomic mass is 10.2. The minimum absolute atomic E-state index is 0.0401. The Hall–Kier alpha value is -1.15. The third kappa shape index (κ3) is 4.03. The molecule has 0 saturated carbocycles. The van der Waals surface area contributed by atoms with E-state index < -0.39 is 32.3 Å². The van der Waals surface area contributed by atoms with Crippen molar-refractivity contribution in [3.63, 3.8) is 0 Å². The first-order valence-corrected chi connectivity index (χ1v) is 8.47. The van der Waals surface area contributed by atoms with E-state index in [0.717, 1.165) is 18.2 Å². The monoisotopic (exact) mass is 403 g/mol. The number of nitrogens with one attached hydrogen (secondary N) is 1. The zero-order valence-electron chi connectivity index (χ0n) is 11.0. The second-order valence-electron chi connectivity index (χ2n) is 4.35. The Morgan fingerprint density at radius 1 is 1.00 bits per heavy atom. The predicted molar refractivity (Wildman–Crippen MR) is 83.7 cm³/mol. The zero-order valence-corrected chi connectivity index (χ0v) is 14.0. The molecule has 0 fully saturated rings. The van der Waals surface area contributed by atoms with Crippen LogP contribution in [0.2, 0.25) is 15.1 Å². The van der Waals surface area contributed by atoms with Gasteiger partial charge >= 0.3 is 6.18 Å². The molecule has 0 aliphatic carbocycles. The van der Waals surface area contributed by atoms with Gasteiger partial charge in [0.05, 0.1) is 21.3 Å². The molecule has 0 aliphatic rings. The van der Waals surface area contributed by atoms with Crippen LogP contribution in [0.5, 0.6) is 0 Å². The van der Waals surface area contributed by atoms with Gasteiger partial charge in [0.15, 0.2) is 0 Å². The third-order valence-electron chi connectivity index (χ3n) is 2.74. The van der Waals surface area contributed by atoms with E-state index in [1.54, 1.807) is 0 Å². The molecule has 0 bridgehead atoms. The number of hydrogen-bond donors (Lipinski definition) is 1. The van der Waals surface area contributed by atoms with Crippen molar-refractivity contribution in [3.05, 3.63) is 57.0 Å². The van der Waals surface area contributed by atoms with Crippen molar-refractivity contribution in [2.75, 3.05) is 4.72 Å². The number of hydrogen-bond acceptors (Lipinski definition) is 2. The standard InChI is InChI=1S/C13H7Cl3F3NO2S/c14-7-4-5-10(8(6-7)13(17,18)19)20-23(21,22)11-3-1-2-9(15)12(11)16/h1-6,20H. The molecule has 2 aromatic rings. The Bertz CT molecular complexity index is 854. The molecule has 0 unspecified atom stereocenters. The molecule has 0 aliphatic heterocycles. The molecule has 0 radical (unpaired) electrons. The van der Waals surface area contributed by atoms with Crippen LogP contribution in [-0.2, 0) is 16.2 Å². The molecule has 3 nitrogen and oxygen atoms in total. The quantitative estimate of drug-likeness (QED) is 0.738. The highest BCUT2D eigenvalue weighted by molar-refractivity contribution is 7.92. The van der Waals surface area contributed by atoms with Gasteiger partial charge in [0.2, 0.25) is 0 Å². The van der Waals surface area contributed by atoms with Gasteiger partial charge in [-0.25, -0.2) is 8.42 Å². The molecule has 0 heterocycles. The normalized spacial score (nSPS) is 12.3. The van der Waals surface area contributed by atoms with Crippen molar-refractivity contribution in [1.29, 1.82) is 0 Å². The summed E-state index contributed by atoms with van der Waals surface area (Å²) in [5.74, 6) is 0. The minimum Gasteiger partial charge on any atom is -0.279 e. The molecule has 0 saturated heterocycles. The van der Waals surface area contributed by atoms with Crippen LogP contribution in [0.25, 0.3) is 0 Å². The van der Waals surface area contributed by atoms with Crippen LogP contribution < -0.4 is 4.72 Å². The number of alkyl halides is 3. The lowest BCUT2D eigenvalue weighted by Gasteiger charge is -2.16. The van der Waals surface area contributed by atoms with E-state index in [1.807, 2.05) is 4.72 Å². The molecule has 0 aromatic heterocycles. The Labute approximate surface area is 145 Å². The largest absolute Gasteiger partial charge is 0.418 e. The summed E-state index contributed by atoms with van der Waals surface area (Å²) < 4.78 is 65.5. The second-order valence-corrected chi connectivity index (χ2v) is 7.22. The number of sulfonamides is 1. The van der Waals surface area contributed by atoms with Crippen LogP contribution in [0.1, 0.15) is 5.56 Å². The zero-order chi connectivity index (χ0) is 17.4. The minimum atomic E-state index is -4.79. The van der Waals surface area contributed by atoms with E-state index in [1.165, 1.54) is 12.1 Å². The molecular formula is C13H7Cl3F3NO2S. The van der Waals surface area contributed by atoms with Crippen LogP contribution in [0.4, 0.5) is 18.9 Å². The van der Waals surface area contributed by atoms with Crippen molar-refractivity contribution in [2.24, 2.45) is 0 Å². The summed E-state index contributed by atoms with van der Waals surface area (Å²) >= 11 is 17.1. The summed E-state index contributed by atoms with van der Waals surface area (Å²) in [5.41, 5.74) is -1.88. The Balaban J connectivity index is 2.52. The summed E-state index contributed by atoms with van der Waals surface area (Å²) in [7, 11) is -4.37. The van der Waals surface area contributed by atoms with Gasteiger partial charge in [-0.3, -0.25) is 4.72 Å². The van der Waals surface area contributed by atoms with Gasteiger partial charge < -0.3 is 0 Å². The van der Waals surface area contributed by atoms with Crippen molar-refractivity contribution in [1.82, 2.24) is 0 Å².